The fraction of sp³-hybridized carbons (Fsp3) is 0.923. The Morgan fingerprint density at radius 1 is 1.06 bits per heavy atom. The van der Waals surface area contributed by atoms with Crippen LogP contribution in [0.2, 0.25) is 0 Å². The summed E-state index contributed by atoms with van der Waals surface area (Å²) < 4.78 is 28.6. The number of ether oxygens (including phenoxy) is 1. The molecule has 18 heavy (non-hydrogen) atoms. The van der Waals surface area contributed by atoms with Gasteiger partial charge >= 0.3 is 5.97 Å². The Balaban J connectivity index is 5.90. The molecule has 0 spiro atoms. The standard InChI is InChI=1S/C13H26O4S/c1-8-18(15,16)13(9(2)3,10(4)5)12(14)17-11(6)7/h9-11H,8H2,1-7H3. The first-order valence-electron chi connectivity index (χ1n) is 6.47. The van der Waals surface area contributed by atoms with E-state index in [-0.39, 0.29) is 23.7 Å². The maximum absolute atomic E-state index is 12.4. The smallest absolute Gasteiger partial charge is 0.328 e. The Morgan fingerprint density at radius 3 is 1.67 bits per heavy atom. The van der Waals surface area contributed by atoms with Gasteiger partial charge in [-0.3, -0.25) is 4.79 Å². The van der Waals surface area contributed by atoms with Gasteiger partial charge in [0.1, 0.15) is 0 Å². The Hall–Kier alpha value is -0.580. The second kappa shape index (κ2) is 6.04. The molecule has 0 radical (unpaired) electrons. The van der Waals surface area contributed by atoms with Crippen molar-refractivity contribution in [3.8, 4) is 0 Å². The molecular weight excluding hydrogens is 252 g/mol. The van der Waals surface area contributed by atoms with Crippen molar-refractivity contribution in [2.75, 3.05) is 5.75 Å². The van der Waals surface area contributed by atoms with Crippen LogP contribution in [-0.4, -0.2) is 31.0 Å². The maximum Gasteiger partial charge on any atom is 0.328 e. The van der Waals surface area contributed by atoms with Gasteiger partial charge in [0, 0.05) is 5.75 Å². The van der Waals surface area contributed by atoms with E-state index in [1.807, 2.05) is 0 Å². The van der Waals surface area contributed by atoms with Gasteiger partial charge in [0.05, 0.1) is 6.10 Å². The minimum absolute atomic E-state index is 0.0590. The highest BCUT2D eigenvalue weighted by atomic mass is 32.2. The van der Waals surface area contributed by atoms with Crippen LogP contribution in [0.3, 0.4) is 0 Å². The summed E-state index contributed by atoms with van der Waals surface area (Å²) in [7, 11) is -3.54. The lowest BCUT2D eigenvalue weighted by Crippen LogP contribution is -2.56. The summed E-state index contributed by atoms with van der Waals surface area (Å²) in [4.78, 5) is 12.4. The molecular formula is C13H26O4S. The fourth-order valence-electron chi connectivity index (χ4n) is 2.53. The molecule has 0 heterocycles. The van der Waals surface area contributed by atoms with Crippen LogP contribution in [0.1, 0.15) is 48.5 Å². The van der Waals surface area contributed by atoms with Gasteiger partial charge in [0.15, 0.2) is 14.6 Å². The third kappa shape index (κ3) is 2.87. The van der Waals surface area contributed by atoms with Gasteiger partial charge in [-0.05, 0) is 25.7 Å². The lowest BCUT2D eigenvalue weighted by atomic mass is 9.84. The van der Waals surface area contributed by atoms with E-state index in [2.05, 4.69) is 0 Å². The number of carbonyl (C=O) groups is 1. The van der Waals surface area contributed by atoms with E-state index >= 15 is 0 Å². The van der Waals surface area contributed by atoms with Crippen molar-refractivity contribution >= 4 is 15.8 Å². The van der Waals surface area contributed by atoms with Gasteiger partial charge in [0.2, 0.25) is 0 Å². The summed E-state index contributed by atoms with van der Waals surface area (Å²) in [5.41, 5.74) is 0. The van der Waals surface area contributed by atoms with E-state index < -0.39 is 20.6 Å². The molecule has 0 fully saturated rings. The molecule has 5 heteroatoms. The maximum atomic E-state index is 12.4. The number of hydrogen-bond acceptors (Lipinski definition) is 4. The van der Waals surface area contributed by atoms with Crippen molar-refractivity contribution in [2.24, 2.45) is 11.8 Å². The van der Waals surface area contributed by atoms with Crippen molar-refractivity contribution < 1.29 is 17.9 Å². The number of carbonyl (C=O) groups excluding carboxylic acids is 1. The predicted octanol–water partition coefficient (Wildman–Crippen LogP) is 2.42. The SMILES string of the molecule is CCS(=O)(=O)C(C(=O)OC(C)C)(C(C)C)C(C)C. The Morgan fingerprint density at radius 2 is 1.44 bits per heavy atom. The van der Waals surface area contributed by atoms with Crippen LogP contribution in [0.25, 0.3) is 0 Å². The minimum atomic E-state index is -3.54. The highest BCUT2D eigenvalue weighted by Crippen LogP contribution is 2.37. The van der Waals surface area contributed by atoms with Crippen LogP contribution in [0.5, 0.6) is 0 Å². The van der Waals surface area contributed by atoms with Crippen LogP contribution in [0.15, 0.2) is 0 Å². The average Bonchev–Trinajstić information content (AvgIpc) is 2.15. The second-order valence-corrected chi connectivity index (χ2v) is 7.94. The average molecular weight is 278 g/mol. The molecule has 0 N–H and O–H groups in total. The quantitative estimate of drug-likeness (QED) is 0.700. The van der Waals surface area contributed by atoms with Crippen molar-refractivity contribution in [1.29, 1.82) is 0 Å². The zero-order valence-corrected chi connectivity index (χ0v) is 13.3. The monoisotopic (exact) mass is 278 g/mol. The van der Waals surface area contributed by atoms with E-state index in [4.69, 9.17) is 4.74 Å². The van der Waals surface area contributed by atoms with Gasteiger partial charge in [-0.15, -0.1) is 0 Å². The van der Waals surface area contributed by atoms with E-state index in [0.29, 0.717) is 0 Å². The summed E-state index contributed by atoms with van der Waals surface area (Å²) in [6.45, 7) is 12.1. The van der Waals surface area contributed by atoms with Gasteiger partial charge in [-0.25, -0.2) is 8.42 Å². The largest absolute Gasteiger partial charge is 0.462 e. The molecule has 0 aromatic carbocycles. The third-order valence-electron chi connectivity index (χ3n) is 3.27. The molecule has 0 aliphatic carbocycles. The zero-order chi connectivity index (χ0) is 14.7. The minimum Gasteiger partial charge on any atom is -0.462 e. The first kappa shape index (κ1) is 17.4. The molecule has 0 aliphatic heterocycles. The molecule has 4 nitrogen and oxygen atoms in total. The van der Waals surface area contributed by atoms with Crippen LogP contribution < -0.4 is 0 Å². The van der Waals surface area contributed by atoms with Crippen molar-refractivity contribution in [3.63, 3.8) is 0 Å². The highest BCUT2D eigenvalue weighted by Gasteiger charge is 2.56. The van der Waals surface area contributed by atoms with Gasteiger partial charge in [-0.2, -0.15) is 0 Å². The van der Waals surface area contributed by atoms with E-state index in [0.717, 1.165) is 0 Å². The zero-order valence-electron chi connectivity index (χ0n) is 12.5. The molecule has 108 valence electrons. The van der Waals surface area contributed by atoms with Gasteiger partial charge in [0.25, 0.3) is 0 Å². The first-order chi connectivity index (χ1) is 8.03. The van der Waals surface area contributed by atoms with Crippen molar-refractivity contribution in [1.82, 2.24) is 0 Å². The number of rotatable bonds is 6. The van der Waals surface area contributed by atoms with Gasteiger partial charge < -0.3 is 4.74 Å². The number of hydrogen-bond donors (Lipinski definition) is 0. The Kier molecular flexibility index (Phi) is 5.85. The summed E-state index contributed by atoms with van der Waals surface area (Å²) in [6, 6.07) is 0. The molecule has 0 aromatic rings. The Labute approximate surface area is 111 Å². The second-order valence-electron chi connectivity index (χ2n) is 5.46. The van der Waals surface area contributed by atoms with Crippen LogP contribution in [0, 0.1) is 11.8 Å². The third-order valence-corrected chi connectivity index (χ3v) is 6.17. The van der Waals surface area contributed by atoms with E-state index in [1.165, 1.54) is 0 Å². The fourth-order valence-corrected chi connectivity index (χ4v) is 4.74. The van der Waals surface area contributed by atoms with Crippen LogP contribution >= 0.6 is 0 Å². The van der Waals surface area contributed by atoms with E-state index in [1.54, 1.807) is 48.5 Å². The molecule has 0 aliphatic rings. The first-order valence-corrected chi connectivity index (χ1v) is 8.12. The summed E-state index contributed by atoms with van der Waals surface area (Å²) in [5, 5.41) is 0. The van der Waals surface area contributed by atoms with E-state index in [9.17, 15) is 13.2 Å². The van der Waals surface area contributed by atoms with Crippen molar-refractivity contribution in [3.05, 3.63) is 0 Å². The number of sulfone groups is 1. The highest BCUT2D eigenvalue weighted by molar-refractivity contribution is 7.93. The van der Waals surface area contributed by atoms with Crippen LogP contribution in [0.4, 0.5) is 0 Å². The molecule has 0 rings (SSSR count). The Bertz CT molecular complexity index is 372. The molecule has 0 unspecified atom stereocenters. The normalized spacial score (nSPS) is 13.4. The topological polar surface area (TPSA) is 60.4 Å². The molecule has 0 aromatic heterocycles. The summed E-state index contributed by atoms with van der Waals surface area (Å²) in [5.74, 6) is -1.33. The summed E-state index contributed by atoms with van der Waals surface area (Å²) >= 11 is 0. The summed E-state index contributed by atoms with van der Waals surface area (Å²) in [6.07, 6.45) is -0.318. The van der Waals surface area contributed by atoms with Gasteiger partial charge in [-0.1, -0.05) is 34.6 Å². The van der Waals surface area contributed by atoms with Crippen molar-refractivity contribution in [2.45, 2.75) is 59.3 Å². The molecule has 0 bridgehead atoms. The number of esters is 1. The lowest BCUT2D eigenvalue weighted by Gasteiger charge is -2.38. The molecule has 0 amide bonds. The predicted molar refractivity (Wildman–Crippen MR) is 73.1 cm³/mol. The lowest BCUT2D eigenvalue weighted by molar-refractivity contribution is -0.153. The van der Waals surface area contributed by atoms with Crippen LogP contribution in [-0.2, 0) is 19.4 Å². The molecule has 0 saturated heterocycles. The molecule has 0 atom stereocenters. The molecule has 0 saturated carbocycles.